The number of carbonyl (C=O) groups is 3. The van der Waals surface area contributed by atoms with E-state index in [1.165, 1.54) is 11.8 Å². The molecular formula is C28H38N2O6S. The Labute approximate surface area is 223 Å². The Hall–Kier alpha value is -2.78. The Morgan fingerprint density at radius 3 is 2.54 bits per heavy atom. The second-order valence-corrected chi connectivity index (χ2v) is 10.7. The molecule has 1 unspecified atom stereocenters. The van der Waals surface area contributed by atoms with E-state index < -0.39 is 24.1 Å². The number of carbonyl (C=O) groups excluding carboxylic acids is 3. The molecule has 0 bridgehead atoms. The fourth-order valence-corrected chi connectivity index (χ4v) is 4.98. The molecule has 2 heterocycles. The molecule has 0 spiro atoms. The van der Waals surface area contributed by atoms with Gasteiger partial charge in [0.2, 0.25) is 5.91 Å². The first-order chi connectivity index (χ1) is 17.9. The number of rotatable bonds is 14. The Morgan fingerprint density at radius 2 is 1.86 bits per heavy atom. The van der Waals surface area contributed by atoms with Gasteiger partial charge in [0, 0.05) is 6.61 Å². The van der Waals surface area contributed by atoms with E-state index in [4.69, 9.17) is 13.9 Å². The average molecular weight is 531 g/mol. The van der Waals surface area contributed by atoms with Crippen molar-refractivity contribution in [2.75, 3.05) is 19.0 Å². The van der Waals surface area contributed by atoms with Gasteiger partial charge in [-0.25, -0.2) is 4.79 Å². The van der Waals surface area contributed by atoms with E-state index in [1.54, 1.807) is 6.26 Å². The van der Waals surface area contributed by atoms with Crippen LogP contribution in [0.5, 0.6) is 0 Å². The van der Waals surface area contributed by atoms with Gasteiger partial charge < -0.3 is 24.5 Å². The van der Waals surface area contributed by atoms with Crippen molar-refractivity contribution in [2.45, 2.75) is 69.9 Å². The number of thioether (sulfide) groups is 1. The van der Waals surface area contributed by atoms with Crippen LogP contribution in [0.4, 0.5) is 4.79 Å². The summed E-state index contributed by atoms with van der Waals surface area (Å²) in [6.07, 6.45) is 4.53. The van der Waals surface area contributed by atoms with Gasteiger partial charge in [0.05, 0.1) is 29.9 Å². The van der Waals surface area contributed by atoms with E-state index in [2.05, 4.69) is 10.6 Å². The van der Waals surface area contributed by atoms with E-state index in [-0.39, 0.29) is 30.2 Å². The molecular weight excluding hydrogens is 492 g/mol. The highest BCUT2D eigenvalue weighted by atomic mass is 32.2. The van der Waals surface area contributed by atoms with Crippen LogP contribution in [-0.4, -0.2) is 54.9 Å². The van der Waals surface area contributed by atoms with Crippen LogP contribution in [0.1, 0.15) is 50.9 Å². The lowest BCUT2D eigenvalue weighted by Crippen LogP contribution is -2.53. The molecule has 2 amide bonds. The number of Topliss-reactive ketones (excluding diaryl/α,β-unsaturated/α-hetero) is 1. The first kappa shape index (κ1) is 28.8. The first-order valence-electron chi connectivity index (χ1n) is 12.9. The zero-order valence-corrected chi connectivity index (χ0v) is 22.5. The lowest BCUT2D eigenvalue weighted by molar-refractivity contribution is -0.128. The Balaban J connectivity index is 1.60. The van der Waals surface area contributed by atoms with Crippen molar-refractivity contribution >= 4 is 29.5 Å². The van der Waals surface area contributed by atoms with E-state index >= 15 is 0 Å². The van der Waals surface area contributed by atoms with Crippen molar-refractivity contribution in [1.82, 2.24) is 10.6 Å². The quantitative estimate of drug-likeness (QED) is 0.370. The smallest absolute Gasteiger partial charge is 0.407 e. The molecule has 2 aromatic rings. The van der Waals surface area contributed by atoms with Crippen molar-refractivity contribution in [2.24, 2.45) is 5.92 Å². The molecule has 3 atom stereocenters. The molecule has 8 nitrogen and oxygen atoms in total. The number of furan rings is 1. The van der Waals surface area contributed by atoms with E-state index in [1.807, 2.05) is 56.3 Å². The zero-order chi connectivity index (χ0) is 26.5. The summed E-state index contributed by atoms with van der Waals surface area (Å²) in [6, 6.07) is 11.7. The highest BCUT2D eigenvalue weighted by molar-refractivity contribution is 7.99. The number of nitrogens with one attached hydrogen (secondary N) is 2. The Kier molecular flexibility index (Phi) is 12.0. The number of hydrogen-bond donors (Lipinski definition) is 2. The average Bonchev–Trinajstić information content (AvgIpc) is 3.41. The molecule has 37 heavy (non-hydrogen) atoms. The van der Waals surface area contributed by atoms with Gasteiger partial charge in [-0.2, -0.15) is 0 Å². The molecule has 0 saturated carbocycles. The predicted octanol–water partition coefficient (Wildman–Crippen LogP) is 4.52. The summed E-state index contributed by atoms with van der Waals surface area (Å²) in [5.74, 6) is 1.24. The molecule has 3 rings (SSSR count). The van der Waals surface area contributed by atoms with Crippen LogP contribution in [0, 0.1) is 5.92 Å². The summed E-state index contributed by atoms with van der Waals surface area (Å²) in [7, 11) is 0. The number of alkyl carbamates (subject to hydrolysis) is 1. The third kappa shape index (κ3) is 10.6. The molecule has 202 valence electrons. The lowest BCUT2D eigenvalue weighted by Gasteiger charge is -2.25. The first-order valence-corrected chi connectivity index (χ1v) is 14.1. The van der Waals surface area contributed by atoms with Gasteiger partial charge in [-0.1, -0.05) is 44.2 Å². The molecule has 1 aromatic carbocycles. The number of amides is 2. The Bertz CT molecular complexity index is 960. The van der Waals surface area contributed by atoms with Crippen LogP contribution in [-0.2, 0) is 31.2 Å². The van der Waals surface area contributed by atoms with Gasteiger partial charge in [-0.05, 0) is 55.7 Å². The maximum Gasteiger partial charge on any atom is 0.407 e. The van der Waals surface area contributed by atoms with Crippen LogP contribution in [0.25, 0.3) is 0 Å². The summed E-state index contributed by atoms with van der Waals surface area (Å²) in [5, 5.41) is 5.60. The van der Waals surface area contributed by atoms with Gasteiger partial charge in [-0.15, -0.1) is 11.8 Å². The lowest BCUT2D eigenvalue weighted by atomic mass is 10.00. The molecule has 1 aliphatic heterocycles. The monoisotopic (exact) mass is 530 g/mol. The third-order valence-electron chi connectivity index (χ3n) is 6.05. The van der Waals surface area contributed by atoms with Crippen molar-refractivity contribution < 1.29 is 28.3 Å². The highest BCUT2D eigenvalue weighted by Gasteiger charge is 2.28. The van der Waals surface area contributed by atoms with Gasteiger partial charge in [-0.3, -0.25) is 9.59 Å². The second-order valence-electron chi connectivity index (χ2n) is 9.70. The van der Waals surface area contributed by atoms with Crippen molar-refractivity contribution in [3.05, 3.63) is 60.1 Å². The fourth-order valence-electron chi connectivity index (χ4n) is 4.11. The molecule has 0 aliphatic carbocycles. The molecule has 1 aromatic heterocycles. The largest absolute Gasteiger partial charge is 0.468 e. The maximum absolute atomic E-state index is 13.3. The van der Waals surface area contributed by atoms with E-state index in [0.717, 1.165) is 30.6 Å². The number of hydrogen-bond acceptors (Lipinski definition) is 7. The van der Waals surface area contributed by atoms with E-state index in [0.29, 0.717) is 25.2 Å². The van der Waals surface area contributed by atoms with Crippen LogP contribution in [0.3, 0.4) is 0 Å². The molecule has 9 heteroatoms. The standard InChI is InChI=1S/C28H38N2O6S/c1-20(2)15-25(30-28(33)36-17-22-11-6-7-13-34-22)27(32)29-24(16-21-9-4-3-5-10-21)26(31)19-37-18-23-12-8-14-35-23/h3-5,8-10,12,14,20,22,24-25H,6-7,11,13,15-19H2,1-2H3,(H,29,32)(H,30,33)/t22?,24-,25-/m0/s1. The Morgan fingerprint density at radius 1 is 1.05 bits per heavy atom. The third-order valence-corrected chi connectivity index (χ3v) is 7.02. The van der Waals surface area contributed by atoms with Gasteiger partial charge in [0.25, 0.3) is 0 Å². The molecule has 1 fully saturated rings. The van der Waals surface area contributed by atoms with Crippen molar-refractivity contribution in [3.63, 3.8) is 0 Å². The second kappa shape index (κ2) is 15.5. The highest BCUT2D eigenvalue weighted by Crippen LogP contribution is 2.16. The summed E-state index contributed by atoms with van der Waals surface area (Å²) in [6.45, 7) is 4.77. The SMILES string of the molecule is CC(C)C[C@H](NC(=O)OCC1CCCCO1)C(=O)N[C@@H](Cc1ccccc1)C(=O)CSCc1ccco1. The minimum atomic E-state index is -0.818. The zero-order valence-electron chi connectivity index (χ0n) is 21.6. The molecule has 1 saturated heterocycles. The minimum Gasteiger partial charge on any atom is -0.468 e. The number of ketones is 1. The number of ether oxygens (including phenoxy) is 2. The normalized spacial score (nSPS) is 17.1. The summed E-state index contributed by atoms with van der Waals surface area (Å²) in [5.41, 5.74) is 0.942. The van der Waals surface area contributed by atoms with Gasteiger partial charge in [0.15, 0.2) is 5.78 Å². The van der Waals surface area contributed by atoms with Crippen molar-refractivity contribution in [1.29, 1.82) is 0 Å². The van der Waals surface area contributed by atoms with Crippen LogP contribution < -0.4 is 10.6 Å². The van der Waals surface area contributed by atoms with Crippen LogP contribution in [0.15, 0.2) is 53.1 Å². The summed E-state index contributed by atoms with van der Waals surface area (Å²) >= 11 is 1.44. The maximum atomic E-state index is 13.3. The fraction of sp³-hybridized carbons (Fsp3) is 0.536. The molecule has 2 N–H and O–H groups in total. The number of benzene rings is 1. The van der Waals surface area contributed by atoms with Crippen LogP contribution in [0.2, 0.25) is 0 Å². The molecule has 0 radical (unpaired) electrons. The van der Waals surface area contributed by atoms with E-state index in [9.17, 15) is 14.4 Å². The predicted molar refractivity (Wildman–Crippen MR) is 143 cm³/mol. The van der Waals surface area contributed by atoms with Gasteiger partial charge in [0.1, 0.15) is 18.4 Å². The molecule has 1 aliphatic rings. The van der Waals surface area contributed by atoms with Crippen molar-refractivity contribution in [3.8, 4) is 0 Å². The summed E-state index contributed by atoms with van der Waals surface area (Å²) < 4.78 is 16.3. The topological polar surface area (TPSA) is 107 Å². The van der Waals surface area contributed by atoms with Crippen LogP contribution >= 0.6 is 11.8 Å². The van der Waals surface area contributed by atoms with Gasteiger partial charge >= 0.3 is 6.09 Å². The minimum absolute atomic E-state index is 0.0888. The summed E-state index contributed by atoms with van der Waals surface area (Å²) in [4.78, 5) is 39.0.